The molecule has 0 spiro atoms. The molecule has 0 N–H and O–H groups in total. The third-order valence-electron chi connectivity index (χ3n) is 3.92. The molecular weight excluding hydrogens is 387 g/mol. The Hall–Kier alpha value is -2.08. The molecule has 4 aromatic rings. The Morgan fingerprint density at radius 3 is 2.50 bits per heavy atom. The predicted molar refractivity (Wildman–Crippen MR) is 107 cm³/mol. The molecule has 0 aliphatic heterocycles. The minimum absolute atomic E-state index is 0.562. The second kappa shape index (κ2) is 7.27. The Labute approximate surface area is 165 Å². The number of aryl methyl sites for hydroxylation is 1. The van der Waals surface area contributed by atoms with E-state index in [0.717, 1.165) is 33.4 Å². The SMILES string of the molecule is Cc1ccc(-c2nnc3ccc(SCc4ccc(Cl)c(Cl)c4)nn23)cc1. The van der Waals surface area contributed by atoms with Gasteiger partial charge in [0.05, 0.1) is 10.0 Å². The zero-order chi connectivity index (χ0) is 18.1. The van der Waals surface area contributed by atoms with Crippen molar-refractivity contribution in [1.29, 1.82) is 0 Å². The first kappa shape index (κ1) is 17.3. The van der Waals surface area contributed by atoms with E-state index >= 15 is 0 Å². The van der Waals surface area contributed by atoms with Crippen LogP contribution in [0.5, 0.6) is 0 Å². The summed E-state index contributed by atoms with van der Waals surface area (Å²) in [7, 11) is 0. The van der Waals surface area contributed by atoms with Crippen molar-refractivity contribution in [1.82, 2.24) is 19.8 Å². The maximum atomic E-state index is 6.08. The smallest absolute Gasteiger partial charge is 0.185 e. The third kappa shape index (κ3) is 3.56. The van der Waals surface area contributed by atoms with Gasteiger partial charge in [0.25, 0.3) is 0 Å². The molecule has 2 heterocycles. The Morgan fingerprint density at radius 2 is 1.73 bits per heavy atom. The monoisotopic (exact) mass is 400 g/mol. The molecule has 0 aliphatic rings. The minimum atomic E-state index is 0.562. The number of aromatic nitrogens is 4. The molecule has 4 nitrogen and oxygen atoms in total. The van der Waals surface area contributed by atoms with Crippen LogP contribution in [0.1, 0.15) is 11.1 Å². The summed E-state index contributed by atoms with van der Waals surface area (Å²) in [6, 6.07) is 17.7. The molecule has 0 unspecified atom stereocenters. The van der Waals surface area contributed by atoms with Crippen LogP contribution < -0.4 is 0 Å². The lowest BCUT2D eigenvalue weighted by Gasteiger charge is -2.05. The Bertz CT molecular complexity index is 1080. The second-order valence-electron chi connectivity index (χ2n) is 5.87. The fourth-order valence-electron chi connectivity index (χ4n) is 2.52. The van der Waals surface area contributed by atoms with E-state index in [-0.39, 0.29) is 0 Å². The van der Waals surface area contributed by atoms with Gasteiger partial charge in [0, 0.05) is 11.3 Å². The van der Waals surface area contributed by atoms with Crippen molar-refractivity contribution >= 4 is 40.6 Å². The van der Waals surface area contributed by atoms with Gasteiger partial charge in [0.1, 0.15) is 5.03 Å². The van der Waals surface area contributed by atoms with Gasteiger partial charge >= 0.3 is 0 Å². The van der Waals surface area contributed by atoms with Crippen molar-refractivity contribution < 1.29 is 0 Å². The zero-order valence-corrected chi connectivity index (χ0v) is 16.2. The van der Waals surface area contributed by atoms with E-state index in [1.54, 1.807) is 16.3 Å². The molecule has 0 saturated carbocycles. The lowest BCUT2D eigenvalue weighted by Crippen LogP contribution is -1.96. The number of fused-ring (bicyclic) bond motifs is 1. The van der Waals surface area contributed by atoms with E-state index in [1.165, 1.54) is 5.56 Å². The van der Waals surface area contributed by atoms with Crippen LogP contribution in [0.4, 0.5) is 0 Å². The van der Waals surface area contributed by atoms with Gasteiger partial charge < -0.3 is 0 Å². The molecule has 26 heavy (non-hydrogen) atoms. The van der Waals surface area contributed by atoms with Gasteiger partial charge in [0.2, 0.25) is 0 Å². The fourth-order valence-corrected chi connectivity index (χ4v) is 3.64. The van der Waals surface area contributed by atoms with Crippen molar-refractivity contribution in [3.05, 3.63) is 75.8 Å². The van der Waals surface area contributed by atoms with Gasteiger partial charge in [-0.3, -0.25) is 0 Å². The highest BCUT2D eigenvalue weighted by molar-refractivity contribution is 7.98. The van der Waals surface area contributed by atoms with Gasteiger partial charge in [-0.05, 0) is 36.8 Å². The molecule has 2 aromatic carbocycles. The van der Waals surface area contributed by atoms with Crippen molar-refractivity contribution in [3.63, 3.8) is 0 Å². The largest absolute Gasteiger partial charge is 0.192 e. The number of hydrogen-bond donors (Lipinski definition) is 0. The quantitative estimate of drug-likeness (QED) is 0.412. The first-order chi connectivity index (χ1) is 12.6. The van der Waals surface area contributed by atoms with Crippen molar-refractivity contribution in [2.75, 3.05) is 0 Å². The minimum Gasteiger partial charge on any atom is -0.192 e. The molecule has 0 bridgehead atoms. The summed E-state index contributed by atoms with van der Waals surface area (Å²) in [5.41, 5.74) is 4.00. The van der Waals surface area contributed by atoms with Gasteiger partial charge in [-0.2, -0.15) is 9.61 Å². The maximum absolute atomic E-state index is 6.08. The highest BCUT2D eigenvalue weighted by Crippen LogP contribution is 2.27. The normalized spacial score (nSPS) is 11.2. The topological polar surface area (TPSA) is 43.1 Å². The van der Waals surface area contributed by atoms with E-state index in [0.29, 0.717) is 10.0 Å². The number of hydrogen-bond acceptors (Lipinski definition) is 4. The van der Waals surface area contributed by atoms with E-state index in [1.807, 2.05) is 42.5 Å². The van der Waals surface area contributed by atoms with Crippen LogP contribution in [0.15, 0.2) is 59.6 Å². The Kier molecular flexibility index (Phi) is 4.85. The fraction of sp³-hybridized carbons (Fsp3) is 0.105. The molecule has 4 rings (SSSR count). The van der Waals surface area contributed by atoms with Gasteiger partial charge in [-0.15, -0.1) is 10.2 Å². The summed E-state index contributed by atoms with van der Waals surface area (Å²) in [4.78, 5) is 0. The van der Waals surface area contributed by atoms with E-state index in [4.69, 9.17) is 23.2 Å². The summed E-state index contributed by atoms with van der Waals surface area (Å²) in [6.45, 7) is 2.06. The number of halogens is 2. The van der Waals surface area contributed by atoms with Crippen molar-refractivity contribution in [3.8, 4) is 11.4 Å². The molecular formula is C19H14Cl2N4S. The molecule has 2 aromatic heterocycles. The number of rotatable bonds is 4. The van der Waals surface area contributed by atoms with Crippen LogP contribution in [0.2, 0.25) is 10.0 Å². The maximum Gasteiger partial charge on any atom is 0.185 e. The summed E-state index contributed by atoms with van der Waals surface area (Å²) in [5.74, 6) is 1.48. The van der Waals surface area contributed by atoms with Gasteiger partial charge in [-0.25, -0.2) is 0 Å². The van der Waals surface area contributed by atoms with E-state index < -0.39 is 0 Å². The molecule has 7 heteroatoms. The Balaban J connectivity index is 1.61. The summed E-state index contributed by atoms with van der Waals surface area (Å²) < 4.78 is 1.78. The van der Waals surface area contributed by atoms with Crippen LogP contribution in [0, 0.1) is 6.92 Å². The molecule has 0 radical (unpaired) electrons. The standard InChI is InChI=1S/C19H14Cl2N4S/c1-12-2-5-14(6-3-12)19-23-22-17-8-9-18(24-25(17)19)26-11-13-4-7-15(20)16(21)10-13/h2-10H,11H2,1H3. The lowest BCUT2D eigenvalue weighted by atomic mass is 10.1. The number of thioether (sulfide) groups is 1. The van der Waals surface area contributed by atoms with E-state index in [2.05, 4.69) is 34.4 Å². The van der Waals surface area contributed by atoms with E-state index in [9.17, 15) is 0 Å². The highest BCUT2D eigenvalue weighted by atomic mass is 35.5. The lowest BCUT2D eigenvalue weighted by molar-refractivity contribution is 0.860. The molecule has 0 amide bonds. The predicted octanol–water partition coefficient (Wildman–Crippen LogP) is 5.70. The van der Waals surface area contributed by atoms with Crippen molar-refractivity contribution in [2.24, 2.45) is 0 Å². The van der Waals surface area contributed by atoms with Crippen LogP contribution in [0.3, 0.4) is 0 Å². The summed E-state index contributed by atoms with van der Waals surface area (Å²) in [5, 5.41) is 15.2. The van der Waals surface area contributed by atoms with Crippen LogP contribution in [-0.4, -0.2) is 19.8 Å². The second-order valence-corrected chi connectivity index (χ2v) is 7.68. The Morgan fingerprint density at radius 1 is 0.923 bits per heavy atom. The highest BCUT2D eigenvalue weighted by Gasteiger charge is 2.10. The molecule has 0 saturated heterocycles. The van der Waals surface area contributed by atoms with Crippen LogP contribution in [-0.2, 0) is 5.75 Å². The summed E-state index contributed by atoms with van der Waals surface area (Å²) in [6.07, 6.45) is 0. The molecule has 0 atom stereocenters. The molecule has 130 valence electrons. The van der Waals surface area contributed by atoms with Crippen LogP contribution >= 0.6 is 35.0 Å². The average Bonchev–Trinajstić information content (AvgIpc) is 3.06. The average molecular weight is 401 g/mol. The third-order valence-corrected chi connectivity index (χ3v) is 5.65. The first-order valence-electron chi connectivity index (χ1n) is 7.96. The summed E-state index contributed by atoms with van der Waals surface area (Å²) >= 11 is 13.7. The van der Waals surface area contributed by atoms with Gasteiger partial charge in [0.15, 0.2) is 11.5 Å². The van der Waals surface area contributed by atoms with Gasteiger partial charge in [-0.1, -0.05) is 70.9 Å². The number of benzene rings is 2. The molecule has 0 fully saturated rings. The van der Waals surface area contributed by atoms with Crippen molar-refractivity contribution in [2.45, 2.75) is 17.7 Å². The molecule has 0 aliphatic carbocycles. The van der Waals surface area contributed by atoms with Crippen LogP contribution in [0.25, 0.3) is 17.0 Å². The zero-order valence-electron chi connectivity index (χ0n) is 13.9. The number of nitrogens with zero attached hydrogens (tertiary/aromatic N) is 4. The first-order valence-corrected chi connectivity index (χ1v) is 9.70.